The molecule has 0 aliphatic heterocycles. The largest absolute Gasteiger partial charge is 0.444 e. The number of nitro benzene ring substituents is 1. The van der Waals surface area contributed by atoms with E-state index in [0.29, 0.717) is 5.56 Å². The molecule has 2 N–H and O–H groups in total. The Bertz CT molecular complexity index is 828. The predicted octanol–water partition coefficient (Wildman–Crippen LogP) is 4.19. The first-order chi connectivity index (χ1) is 12.2. The summed E-state index contributed by atoms with van der Waals surface area (Å²) in [7, 11) is 0. The molecule has 0 aliphatic rings. The molecule has 0 unspecified atom stereocenters. The molecule has 0 radical (unpaired) electrons. The zero-order chi connectivity index (χ0) is 19.3. The highest BCUT2D eigenvalue weighted by Gasteiger charge is 2.20. The fourth-order valence-electron chi connectivity index (χ4n) is 2.06. The van der Waals surface area contributed by atoms with Crippen molar-refractivity contribution in [3.05, 3.63) is 64.2 Å². The second-order valence-corrected chi connectivity index (χ2v) is 6.43. The topological polar surface area (TPSA) is 111 Å². The van der Waals surface area contributed by atoms with Crippen LogP contribution < -0.4 is 10.6 Å². The van der Waals surface area contributed by atoms with Crippen molar-refractivity contribution in [3.8, 4) is 0 Å². The first-order valence-corrected chi connectivity index (χ1v) is 7.80. The molecule has 26 heavy (non-hydrogen) atoms. The number of nitrogens with one attached hydrogen (secondary N) is 2. The molecule has 2 aromatic rings. The Morgan fingerprint density at radius 3 is 2.23 bits per heavy atom. The lowest BCUT2D eigenvalue weighted by Crippen LogP contribution is -2.27. The van der Waals surface area contributed by atoms with Gasteiger partial charge in [0.25, 0.3) is 11.6 Å². The molecule has 2 aromatic carbocycles. The minimum absolute atomic E-state index is 0.0673. The summed E-state index contributed by atoms with van der Waals surface area (Å²) < 4.78 is 5.15. The summed E-state index contributed by atoms with van der Waals surface area (Å²) in [6.45, 7) is 5.08. The van der Waals surface area contributed by atoms with Crippen molar-refractivity contribution in [1.82, 2.24) is 0 Å². The highest BCUT2D eigenvalue weighted by atomic mass is 16.6. The summed E-state index contributed by atoms with van der Waals surface area (Å²) in [4.78, 5) is 34.7. The van der Waals surface area contributed by atoms with E-state index in [1.165, 1.54) is 12.1 Å². The van der Waals surface area contributed by atoms with Crippen LogP contribution in [0.3, 0.4) is 0 Å². The molecular formula is C18H19N3O5. The standard InChI is InChI=1S/C18H19N3O5/c1-18(2,3)26-17(23)20-15-11-13(21(24)25)9-10-14(15)19-16(22)12-7-5-4-6-8-12/h4-11H,1-3H3,(H,19,22)(H,20,23). The average Bonchev–Trinajstić information content (AvgIpc) is 2.55. The van der Waals surface area contributed by atoms with Gasteiger partial charge in [-0.3, -0.25) is 20.2 Å². The Balaban J connectivity index is 2.28. The highest BCUT2D eigenvalue weighted by Crippen LogP contribution is 2.28. The van der Waals surface area contributed by atoms with Gasteiger partial charge in [-0.1, -0.05) is 18.2 Å². The Hall–Kier alpha value is -3.42. The zero-order valence-electron chi connectivity index (χ0n) is 14.6. The molecule has 0 atom stereocenters. The van der Waals surface area contributed by atoms with E-state index in [-0.39, 0.29) is 17.1 Å². The van der Waals surface area contributed by atoms with Crippen LogP contribution in [-0.4, -0.2) is 22.5 Å². The molecule has 2 rings (SSSR count). The van der Waals surface area contributed by atoms with Gasteiger partial charge in [-0.2, -0.15) is 0 Å². The minimum atomic E-state index is -0.784. The Morgan fingerprint density at radius 1 is 1.00 bits per heavy atom. The maximum absolute atomic E-state index is 12.3. The molecule has 0 saturated heterocycles. The molecule has 0 saturated carbocycles. The van der Waals surface area contributed by atoms with Crippen molar-refractivity contribution in [1.29, 1.82) is 0 Å². The molecule has 0 bridgehead atoms. The number of non-ortho nitro benzene ring substituents is 1. The third kappa shape index (κ3) is 5.30. The Morgan fingerprint density at radius 2 is 1.65 bits per heavy atom. The Labute approximate surface area is 150 Å². The van der Waals surface area contributed by atoms with E-state index in [2.05, 4.69) is 10.6 Å². The van der Waals surface area contributed by atoms with E-state index in [1.54, 1.807) is 51.1 Å². The van der Waals surface area contributed by atoms with Crippen LogP contribution in [0.25, 0.3) is 0 Å². The normalized spacial score (nSPS) is 10.7. The van der Waals surface area contributed by atoms with Crippen molar-refractivity contribution in [2.45, 2.75) is 26.4 Å². The van der Waals surface area contributed by atoms with Crippen molar-refractivity contribution in [2.75, 3.05) is 10.6 Å². The van der Waals surface area contributed by atoms with Crippen molar-refractivity contribution in [3.63, 3.8) is 0 Å². The number of hydrogen-bond acceptors (Lipinski definition) is 5. The minimum Gasteiger partial charge on any atom is -0.444 e. The zero-order valence-corrected chi connectivity index (χ0v) is 14.6. The number of nitro groups is 1. The van der Waals surface area contributed by atoms with Gasteiger partial charge in [0, 0.05) is 17.7 Å². The molecule has 8 nitrogen and oxygen atoms in total. The quantitative estimate of drug-likeness (QED) is 0.629. The number of benzene rings is 2. The molecular weight excluding hydrogens is 338 g/mol. The number of ether oxygens (including phenoxy) is 1. The fourth-order valence-corrected chi connectivity index (χ4v) is 2.06. The molecule has 0 aromatic heterocycles. The summed E-state index contributed by atoms with van der Waals surface area (Å²) in [6, 6.07) is 12.2. The van der Waals surface area contributed by atoms with Crippen LogP contribution >= 0.6 is 0 Å². The van der Waals surface area contributed by atoms with Gasteiger partial charge in [0.1, 0.15) is 5.60 Å². The SMILES string of the molecule is CC(C)(C)OC(=O)Nc1cc([N+](=O)[O-])ccc1NC(=O)c1ccccc1. The maximum Gasteiger partial charge on any atom is 0.412 e. The van der Waals surface area contributed by atoms with Gasteiger partial charge in [-0.15, -0.1) is 0 Å². The van der Waals surface area contributed by atoms with Gasteiger partial charge < -0.3 is 10.1 Å². The van der Waals surface area contributed by atoms with Crippen LogP contribution in [0.2, 0.25) is 0 Å². The predicted molar refractivity (Wildman–Crippen MR) is 97.3 cm³/mol. The molecule has 0 spiro atoms. The summed E-state index contributed by atoms with van der Waals surface area (Å²) in [5, 5.41) is 16.1. The lowest BCUT2D eigenvalue weighted by atomic mass is 10.2. The van der Waals surface area contributed by atoms with Gasteiger partial charge >= 0.3 is 6.09 Å². The second kappa shape index (κ2) is 7.64. The number of carbonyl (C=O) groups excluding carboxylic acids is 2. The Kier molecular flexibility index (Phi) is 5.56. The third-order valence-corrected chi connectivity index (χ3v) is 3.13. The number of carbonyl (C=O) groups is 2. The monoisotopic (exact) mass is 357 g/mol. The van der Waals surface area contributed by atoms with E-state index >= 15 is 0 Å². The van der Waals surface area contributed by atoms with E-state index in [1.807, 2.05) is 0 Å². The second-order valence-electron chi connectivity index (χ2n) is 6.43. The molecule has 136 valence electrons. The molecule has 0 aliphatic carbocycles. The molecule has 0 fully saturated rings. The van der Waals surface area contributed by atoms with E-state index in [4.69, 9.17) is 4.74 Å². The van der Waals surface area contributed by atoms with Crippen LogP contribution in [0.4, 0.5) is 21.9 Å². The number of anilines is 2. The number of amides is 2. The van der Waals surface area contributed by atoms with Gasteiger partial charge in [-0.05, 0) is 39.0 Å². The van der Waals surface area contributed by atoms with E-state index in [0.717, 1.165) is 6.07 Å². The fraction of sp³-hybridized carbons (Fsp3) is 0.222. The first kappa shape index (κ1) is 18.9. The molecule has 2 amide bonds. The van der Waals surface area contributed by atoms with Crippen LogP contribution in [0.5, 0.6) is 0 Å². The maximum atomic E-state index is 12.3. The summed E-state index contributed by atoms with van der Waals surface area (Å²) in [5.41, 5.74) is -0.269. The van der Waals surface area contributed by atoms with Crippen LogP contribution in [-0.2, 0) is 4.74 Å². The summed E-state index contributed by atoms with van der Waals surface area (Å²) in [5.74, 6) is -0.410. The summed E-state index contributed by atoms with van der Waals surface area (Å²) in [6.07, 6.45) is -0.784. The van der Waals surface area contributed by atoms with Crippen molar-refractivity contribution < 1.29 is 19.2 Å². The van der Waals surface area contributed by atoms with Gasteiger partial charge in [-0.25, -0.2) is 4.79 Å². The summed E-state index contributed by atoms with van der Waals surface area (Å²) >= 11 is 0. The number of nitrogens with zero attached hydrogens (tertiary/aromatic N) is 1. The molecule has 8 heteroatoms. The van der Waals surface area contributed by atoms with Gasteiger partial charge in [0.2, 0.25) is 0 Å². The highest BCUT2D eigenvalue weighted by molar-refractivity contribution is 6.07. The third-order valence-electron chi connectivity index (χ3n) is 3.13. The van der Waals surface area contributed by atoms with Crippen LogP contribution in [0.1, 0.15) is 31.1 Å². The van der Waals surface area contributed by atoms with Gasteiger partial charge in [0.05, 0.1) is 16.3 Å². The number of rotatable bonds is 4. The van der Waals surface area contributed by atoms with Crippen LogP contribution in [0.15, 0.2) is 48.5 Å². The average molecular weight is 357 g/mol. The lowest BCUT2D eigenvalue weighted by Gasteiger charge is -2.20. The molecule has 0 heterocycles. The van der Waals surface area contributed by atoms with E-state index in [9.17, 15) is 19.7 Å². The smallest absolute Gasteiger partial charge is 0.412 e. The van der Waals surface area contributed by atoms with Gasteiger partial charge in [0.15, 0.2) is 0 Å². The first-order valence-electron chi connectivity index (χ1n) is 7.80. The van der Waals surface area contributed by atoms with E-state index < -0.39 is 22.5 Å². The van der Waals surface area contributed by atoms with Crippen molar-refractivity contribution >= 4 is 29.1 Å². The van der Waals surface area contributed by atoms with Crippen LogP contribution in [0, 0.1) is 10.1 Å². The number of hydrogen-bond donors (Lipinski definition) is 2. The van der Waals surface area contributed by atoms with Crippen molar-refractivity contribution in [2.24, 2.45) is 0 Å². The lowest BCUT2D eigenvalue weighted by molar-refractivity contribution is -0.384.